The lowest BCUT2D eigenvalue weighted by Gasteiger charge is -2.14. The Balaban J connectivity index is 2.06. The first-order valence-corrected chi connectivity index (χ1v) is 5.98. The van der Waals surface area contributed by atoms with E-state index in [2.05, 4.69) is 20.4 Å². The third-order valence-electron chi connectivity index (χ3n) is 2.92. The van der Waals surface area contributed by atoms with Crippen LogP contribution < -0.4 is 10.6 Å². The van der Waals surface area contributed by atoms with Crippen LogP contribution in [0.15, 0.2) is 30.1 Å². The molecular formula is C13H14FN3O3. The number of carbonyl (C=O) groups excluding carboxylic acids is 2. The molecule has 20 heavy (non-hydrogen) atoms. The van der Waals surface area contributed by atoms with Crippen molar-refractivity contribution in [2.45, 2.75) is 19.1 Å². The van der Waals surface area contributed by atoms with Gasteiger partial charge in [0, 0.05) is 12.2 Å². The van der Waals surface area contributed by atoms with Gasteiger partial charge in [0.1, 0.15) is 12.0 Å². The summed E-state index contributed by atoms with van der Waals surface area (Å²) in [5.74, 6) is -1.52. The standard InChI is InChI=1S/C13H14FN3O3/c1-7-10(13(19)20-2)4-11(16-7)17-12(18)8-3-9(14)6-15-5-8/h3-7,11,16H,1-2H3,(H,17,18). The number of aromatic nitrogens is 1. The number of rotatable bonds is 3. The SMILES string of the molecule is COC(=O)C1=CC(NC(=O)c2cncc(F)c2)NC1C. The first kappa shape index (κ1) is 14.1. The molecule has 0 aromatic carbocycles. The van der Waals surface area contributed by atoms with Gasteiger partial charge in [0.15, 0.2) is 0 Å². The van der Waals surface area contributed by atoms with E-state index in [9.17, 15) is 14.0 Å². The molecule has 2 atom stereocenters. The Morgan fingerprint density at radius 3 is 2.85 bits per heavy atom. The Bertz CT molecular complexity index is 574. The minimum Gasteiger partial charge on any atom is -0.466 e. The van der Waals surface area contributed by atoms with Crippen molar-refractivity contribution < 1.29 is 18.7 Å². The van der Waals surface area contributed by atoms with E-state index >= 15 is 0 Å². The average molecular weight is 279 g/mol. The predicted molar refractivity (Wildman–Crippen MR) is 68.1 cm³/mol. The van der Waals surface area contributed by atoms with Gasteiger partial charge >= 0.3 is 5.97 Å². The molecule has 2 heterocycles. The van der Waals surface area contributed by atoms with Crippen molar-refractivity contribution in [3.63, 3.8) is 0 Å². The van der Waals surface area contributed by atoms with Crippen molar-refractivity contribution in [1.82, 2.24) is 15.6 Å². The maximum absolute atomic E-state index is 13.0. The van der Waals surface area contributed by atoms with Crippen LogP contribution in [0.25, 0.3) is 0 Å². The molecule has 1 aliphatic rings. The second kappa shape index (κ2) is 5.79. The minimum absolute atomic E-state index is 0.111. The molecule has 1 amide bonds. The van der Waals surface area contributed by atoms with Gasteiger partial charge in [-0.1, -0.05) is 0 Å². The molecule has 0 saturated heterocycles. The molecule has 2 N–H and O–H groups in total. The highest BCUT2D eigenvalue weighted by atomic mass is 19.1. The predicted octanol–water partition coefficient (Wildman–Crippen LogP) is 0.368. The third-order valence-corrected chi connectivity index (χ3v) is 2.92. The molecule has 2 unspecified atom stereocenters. The smallest absolute Gasteiger partial charge is 0.335 e. The van der Waals surface area contributed by atoms with Crippen molar-refractivity contribution >= 4 is 11.9 Å². The van der Waals surface area contributed by atoms with Gasteiger partial charge in [0.2, 0.25) is 0 Å². The summed E-state index contributed by atoms with van der Waals surface area (Å²) >= 11 is 0. The molecule has 0 aliphatic carbocycles. The number of hydrogen-bond acceptors (Lipinski definition) is 5. The second-order valence-electron chi connectivity index (χ2n) is 4.34. The molecule has 106 valence electrons. The molecule has 0 bridgehead atoms. The fourth-order valence-corrected chi connectivity index (χ4v) is 1.94. The minimum atomic E-state index is -0.587. The quantitative estimate of drug-likeness (QED) is 0.781. The lowest BCUT2D eigenvalue weighted by molar-refractivity contribution is -0.136. The molecule has 1 aromatic rings. The highest BCUT2D eigenvalue weighted by Gasteiger charge is 2.28. The van der Waals surface area contributed by atoms with Crippen LogP contribution in [0.2, 0.25) is 0 Å². The third kappa shape index (κ3) is 3.00. The van der Waals surface area contributed by atoms with E-state index in [0.717, 1.165) is 12.3 Å². The molecule has 1 aromatic heterocycles. The number of ether oxygens (including phenoxy) is 1. The molecule has 0 fully saturated rings. The molecule has 7 heteroatoms. The van der Waals surface area contributed by atoms with Gasteiger partial charge in [-0.2, -0.15) is 0 Å². The van der Waals surface area contributed by atoms with Gasteiger partial charge in [0.05, 0.1) is 24.4 Å². The topological polar surface area (TPSA) is 80.3 Å². The van der Waals surface area contributed by atoms with Crippen LogP contribution in [-0.2, 0) is 9.53 Å². The Labute approximate surface area is 115 Å². The van der Waals surface area contributed by atoms with Crippen LogP contribution in [0.3, 0.4) is 0 Å². The molecule has 2 rings (SSSR count). The summed E-state index contributed by atoms with van der Waals surface area (Å²) < 4.78 is 17.6. The normalized spacial score (nSPS) is 21.2. The first-order valence-electron chi connectivity index (χ1n) is 5.98. The number of halogens is 1. The van der Waals surface area contributed by atoms with Crippen LogP contribution in [0.5, 0.6) is 0 Å². The summed E-state index contributed by atoms with van der Waals surface area (Å²) in [6.07, 6.45) is 3.33. The highest BCUT2D eigenvalue weighted by molar-refractivity contribution is 5.95. The number of amides is 1. The van der Waals surface area contributed by atoms with Gasteiger partial charge in [0.25, 0.3) is 5.91 Å². The van der Waals surface area contributed by atoms with Gasteiger partial charge < -0.3 is 10.1 Å². The first-order chi connectivity index (χ1) is 9.51. The molecule has 1 aliphatic heterocycles. The second-order valence-corrected chi connectivity index (χ2v) is 4.34. The summed E-state index contributed by atoms with van der Waals surface area (Å²) in [5.41, 5.74) is 0.550. The summed E-state index contributed by atoms with van der Waals surface area (Å²) in [5, 5.41) is 5.62. The summed E-state index contributed by atoms with van der Waals surface area (Å²) in [7, 11) is 1.29. The summed E-state index contributed by atoms with van der Waals surface area (Å²) in [4.78, 5) is 27.0. The van der Waals surface area contributed by atoms with Crippen molar-refractivity contribution in [2.75, 3.05) is 7.11 Å². The summed E-state index contributed by atoms with van der Waals surface area (Å²) in [6.45, 7) is 1.78. The van der Waals surface area contributed by atoms with Crippen LogP contribution in [0, 0.1) is 5.82 Å². The van der Waals surface area contributed by atoms with E-state index in [1.807, 2.05) is 0 Å². The van der Waals surface area contributed by atoms with Gasteiger partial charge in [-0.05, 0) is 19.1 Å². The lowest BCUT2D eigenvalue weighted by Crippen LogP contribution is -2.44. The fourth-order valence-electron chi connectivity index (χ4n) is 1.94. The van der Waals surface area contributed by atoms with E-state index in [1.54, 1.807) is 13.0 Å². The number of pyridine rings is 1. The zero-order valence-electron chi connectivity index (χ0n) is 11.0. The average Bonchev–Trinajstić information content (AvgIpc) is 2.78. The van der Waals surface area contributed by atoms with Gasteiger partial charge in [-0.3, -0.25) is 15.1 Å². The van der Waals surface area contributed by atoms with E-state index in [0.29, 0.717) is 5.57 Å². The van der Waals surface area contributed by atoms with Crippen LogP contribution in [0.4, 0.5) is 4.39 Å². The Morgan fingerprint density at radius 2 is 2.20 bits per heavy atom. The fraction of sp³-hybridized carbons (Fsp3) is 0.308. The van der Waals surface area contributed by atoms with E-state index < -0.39 is 23.9 Å². The van der Waals surface area contributed by atoms with Crippen molar-refractivity contribution in [1.29, 1.82) is 0 Å². The zero-order chi connectivity index (χ0) is 14.7. The molecule has 0 radical (unpaired) electrons. The molecule has 6 nitrogen and oxygen atoms in total. The Hall–Kier alpha value is -2.28. The van der Waals surface area contributed by atoms with E-state index in [-0.39, 0.29) is 11.6 Å². The van der Waals surface area contributed by atoms with Crippen LogP contribution in [-0.4, -0.2) is 36.2 Å². The number of esters is 1. The van der Waals surface area contributed by atoms with Gasteiger partial charge in [-0.15, -0.1) is 0 Å². The zero-order valence-corrected chi connectivity index (χ0v) is 11.0. The lowest BCUT2D eigenvalue weighted by atomic mass is 10.1. The van der Waals surface area contributed by atoms with Crippen molar-refractivity contribution in [2.24, 2.45) is 0 Å². The number of carbonyl (C=O) groups is 2. The monoisotopic (exact) mass is 279 g/mol. The largest absolute Gasteiger partial charge is 0.466 e. The molecule has 0 spiro atoms. The van der Waals surface area contributed by atoms with Crippen LogP contribution >= 0.6 is 0 Å². The summed E-state index contributed by atoms with van der Waals surface area (Å²) in [6, 6.07) is 0.851. The highest BCUT2D eigenvalue weighted by Crippen LogP contribution is 2.13. The van der Waals surface area contributed by atoms with Crippen LogP contribution in [0.1, 0.15) is 17.3 Å². The Morgan fingerprint density at radius 1 is 1.45 bits per heavy atom. The van der Waals surface area contributed by atoms with Crippen molar-refractivity contribution in [3.8, 4) is 0 Å². The van der Waals surface area contributed by atoms with Crippen molar-refractivity contribution in [3.05, 3.63) is 41.5 Å². The molecule has 0 saturated carbocycles. The van der Waals surface area contributed by atoms with Gasteiger partial charge in [-0.25, -0.2) is 9.18 Å². The number of methoxy groups -OCH3 is 1. The Kier molecular flexibility index (Phi) is 4.09. The van der Waals surface area contributed by atoms with E-state index in [4.69, 9.17) is 0 Å². The van der Waals surface area contributed by atoms with E-state index in [1.165, 1.54) is 13.3 Å². The maximum Gasteiger partial charge on any atom is 0.335 e. The maximum atomic E-state index is 13.0. The number of hydrogen-bond donors (Lipinski definition) is 2. The number of nitrogens with one attached hydrogen (secondary N) is 2. The molecular weight excluding hydrogens is 265 g/mol. The number of nitrogens with zero attached hydrogens (tertiary/aromatic N) is 1.